The van der Waals surface area contributed by atoms with Crippen molar-refractivity contribution in [3.8, 4) is 0 Å². The van der Waals surface area contributed by atoms with Crippen LogP contribution in [-0.4, -0.2) is 37.0 Å². The minimum Gasteiger partial charge on any atom is -0.393 e. The summed E-state index contributed by atoms with van der Waals surface area (Å²) in [6.07, 6.45) is 1.93. The zero-order chi connectivity index (χ0) is 10.3. The molecule has 0 fully saturated rings. The van der Waals surface area contributed by atoms with Crippen LogP contribution in [0.5, 0.6) is 0 Å². The van der Waals surface area contributed by atoms with Gasteiger partial charge in [0.05, 0.1) is 12.2 Å². The molecule has 0 saturated heterocycles. The first-order valence-corrected chi connectivity index (χ1v) is 5.02. The average molecular weight is 189 g/mol. The minimum absolute atomic E-state index is 0.183. The lowest BCUT2D eigenvalue weighted by Gasteiger charge is -2.19. The minimum atomic E-state index is -0.183. The number of aliphatic hydroxyl groups excluding tert-OH is 1. The zero-order valence-electron chi connectivity index (χ0n) is 9.21. The number of methoxy groups -OCH3 is 1. The van der Waals surface area contributed by atoms with Gasteiger partial charge in [0.1, 0.15) is 0 Å². The Bertz CT molecular complexity index is 117. The molecule has 0 spiro atoms. The van der Waals surface area contributed by atoms with Gasteiger partial charge in [-0.25, -0.2) is 0 Å². The number of hydrogen-bond donors (Lipinski definition) is 2. The van der Waals surface area contributed by atoms with Crippen molar-refractivity contribution >= 4 is 0 Å². The largest absolute Gasteiger partial charge is 0.393 e. The smallest absolute Gasteiger partial charge is 0.0693 e. The van der Waals surface area contributed by atoms with Gasteiger partial charge in [0.2, 0.25) is 0 Å². The summed E-state index contributed by atoms with van der Waals surface area (Å²) in [6, 6.07) is 0.374. The molecule has 0 aromatic heterocycles. The summed E-state index contributed by atoms with van der Waals surface area (Å²) in [4.78, 5) is 0. The first kappa shape index (κ1) is 12.9. The van der Waals surface area contributed by atoms with Crippen molar-refractivity contribution in [2.75, 3.05) is 13.7 Å². The van der Waals surface area contributed by atoms with E-state index in [0.29, 0.717) is 6.04 Å². The van der Waals surface area contributed by atoms with E-state index < -0.39 is 0 Å². The molecule has 3 unspecified atom stereocenters. The normalized spacial score (nSPS) is 18.2. The molecule has 13 heavy (non-hydrogen) atoms. The molecule has 3 atom stereocenters. The van der Waals surface area contributed by atoms with E-state index in [4.69, 9.17) is 9.84 Å². The molecular weight excluding hydrogens is 166 g/mol. The lowest BCUT2D eigenvalue weighted by atomic mass is 10.2. The molecule has 0 heterocycles. The van der Waals surface area contributed by atoms with Gasteiger partial charge in [-0.3, -0.25) is 0 Å². The first-order valence-electron chi connectivity index (χ1n) is 5.02. The lowest BCUT2D eigenvalue weighted by Crippen LogP contribution is -2.37. The van der Waals surface area contributed by atoms with Crippen molar-refractivity contribution in [1.82, 2.24) is 5.32 Å². The Labute approximate surface area is 81.5 Å². The Kier molecular flexibility index (Phi) is 7.23. The number of aliphatic hydroxyl groups is 1. The molecule has 2 N–H and O–H groups in total. The molecule has 0 aromatic carbocycles. The molecule has 0 saturated carbocycles. The van der Waals surface area contributed by atoms with E-state index in [9.17, 15) is 0 Å². The van der Waals surface area contributed by atoms with Crippen molar-refractivity contribution in [2.45, 2.75) is 51.9 Å². The van der Waals surface area contributed by atoms with Crippen molar-refractivity contribution in [1.29, 1.82) is 0 Å². The quantitative estimate of drug-likeness (QED) is 0.591. The second-order valence-electron chi connectivity index (χ2n) is 3.67. The summed E-state index contributed by atoms with van der Waals surface area (Å²) < 4.78 is 5.18. The van der Waals surface area contributed by atoms with E-state index in [0.717, 1.165) is 19.4 Å². The molecule has 3 heteroatoms. The molecule has 0 aliphatic carbocycles. The fourth-order valence-electron chi connectivity index (χ4n) is 1.10. The van der Waals surface area contributed by atoms with Crippen LogP contribution in [0.1, 0.15) is 33.6 Å². The highest BCUT2D eigenvalue weighted by Crippen LogP contribution is 1.98. The van der Waals surface area contributed by atoms with Gasteiger partial charge in [0, 0.05) is 13.2 Å². The molecule has 0 aromatic rings. The second-order valence-corrected chi connectivity index (χ2v) is 3.67. The van der Waals surface area contributed by atoms with E-state index >= 15 is 0 Å². The summed E-state index contributed by atoms with van der Waals surface area (Å²) in [6.45, 7) is 6.92. The maximum Gasteiger partial charge on any atom is 0.0693 e. The van der Waals surface area contributed by atoms with Gasteiger partial charge >= 0.3 is 0 Å². The molecule has 0 rings (SSSR count). The second kappa shape index (κ2) is 7.30. The van der Waals surface area contributed by atoms with Crippen molar-refractivity contribution in [2.24, 2.45) is 0 Å². The monoisotopic (exact) mass is 189 g/mol. The highest BCUT2D eigenvalue weighted by molar-refractivity contribution is 4.67. The van der Waals surface area contributed by atoms with E-state index in [-0.39, 0.29) is 12.2 Å². The molecule has 80 valence electrons. The molecule has 0 aliphatic heterocycles. The summed E-state index contributed by atoms with van der Waals surface area (Å²) in [7, 11) is 1.72. The fraction of sp³-hybridized carbons (Fsp3) is 1.00. The average Bonchev–Trinajstić information content (AvgIpc) is 2.10. The highest BCUT2D eigenvalue weighted by atomic mass is 16.5. The zero-order valence-corrected chi connectivity index (χ0v) is 9.21. The van der Waals surface area contributed by atoms with Crippen LogP contribution >= 0.6 is 0 Å². The van der Waals surface area contributed by atoms with Crippen LogP contribution in [0.15, 0.2) is 0 Å². The van der Waals surface area contributed by atoms with E-state index in [1.807, 2.05) is 13.8 Å². The molecule has 0 aliphatic rings. The molecule has 0 radical (unpaired) electrons. The van der Waals surface area contributed by atoms with Crippen LogP contribution < -0.4 is 5.32 Å². The van der Waals surface area contributed by atoms with Crippen LogP contribution in [0.2, 0.25) is 0 Å². The maximum atomic E-state index is 9.02. The first-order chi connectivity index (χ1) is 6.07. The van der Waals surface area contributed by atoms with E-state index in [2.05, 4.69) is 12.2 Å². The SMILES string of the molecule is COC(C)C(C)NCCCC(C)O. The third-order valence-corrected chi connectivity index (χ3v) is 2.34. The topological polar surface area (TPSA) is 41.5 Å². The summed E-state index contributed by atoms with van der Waals surface area (Å²) in [5.41, 5.74) is 0. The number of rotatable bonds is 7. The van der Waals surface area contributed by atoms with Gasteiger partial charge in [-0.2, -0.15) is 0 Å². The Balaban J connectivity index is 3.31. The van der Waals surface area contributed by atoms with Crippen molar-refractivity contribution < 1.29 is 9.84 Å². The van der Waals surface area contributed by atoms with Crippen LogP contribution in [-0.2, 0) is 4.74 Å². The third kappa shape index (κ3) is 6.99. The standard InChI is InChI=1S/C10H23NO2/c1-8(12)6-5-7-11-9(2)10(3)13-4/h8-12H,5-7H2,1-4H3. The molecular formula is C10H23NO2. The van der Waals surface area contributed by atoms with E-state index in [1.165, 1.54) is 0 Å². The highest BCUT2D eigenvalue weighted by Gasteiger charge is 2.09. The van der Waals surface area contributed by atoms with Crippen LogP contribution in [0, 0.1) is 0 Å². The lowest BCUT2D eigenvalue weighted by molar-refractivity contribution is 0.0881. The summed E-state index contributed by atoms with van der Waals surface area (Å²) in [5, 5.41) is 12.4. The van der Waals surface area contributed by atoms with Crippen LogP contribution in [0.4, 0.5) is 0 Å². The summed E-state index contributed by atoms with van der Waals surface area (Å²) >= 11 is 0. The molecule has 0 bridgehead atoms. The third-order valence-electron chi connectivity index (χ3n) is 2.34. The van der Waals surface area contributed by atoms with Gasteiger partial charge in [-0.15, -0.1) is 0 Å². The van der Waals surface area contributed by atoms with Crippen molar-refractivity contribution in [3.63, 3.8) is 0 Å². The molecule has 0 amide bonds. The van der Waals surface area contributed by atoms with Gasteiger partial charge in [0.15, 0.2) is 0 Å². The maximum absolute atomic E-state index is 9.02. The summed E-state index contributed by atoms with van der Waals surface area (Å²) in [5.74, 6) is 0. The predicted molar refractivity (Wildman–Crippen MR) is 54.9 cm³/mol. The Morgan fingerprint density at radius 2 is 1.92 bits per heavy atom. The Morgan fingerprint density at radius 3 is 2.38 bits per heavy atom. The Morgan fingerprint density at radius 1 is 1.31 bits per heavy atom. The van der Waals surface area contributed by atoms with Gasteiger partial charge in [-0.1, -0.05) is 0 Å². The van der Waals surface area contributed by atoms with Crippen LogP contribution in [0.3, 0.4) is 0 Å². The van der Waals surface area contributed by atoms with Gasteiger partial charge in [-0.05, 0) is 40.2 Å². The number of ether oxygens (including phenoxy) is 1. The van der Waals surface area contributed by atoms with Crippen molar-refractivity contribution in [3.05, 3.63) is 0 Å². The van der Waals surface area contributed by atoms with Gasteiger partial charge in [0.25, 0.3) is 0 Å². The molecule has 3 nitrogen and oxygen atoms in total. The van der Waals surface area contributed by atoms with E-state index in [1.54, 1.807) is 7.11 Å². The fourth-order valence-corrected chi connectivity index (χ4v) is 1.10. The number of nitrogens with one attached hydrogen (secondary N) is 1. The Hall–Kier alpha value is -0.120. The predicted octanol–water partition coefficient (Wildman–Crippen LogP) is 1.16. The van der Waals surface area contributed by atoms with Crippen LogP contribution in [0.25, 0.3) is 0 Å². The number of hydrogen-bond acceptors (Lipinski definition) is 3. The van der Waals surface area contributed by atoms with Gasteiger partial charge < -0.3 is 15.2 Å².